The van der Waals surface area contributed by atoms with Gasteiger partial charge in [-0.2, -0.15) is 5.26 Å². The highest BCUT2D eigenvalue weighted by Gasteiger charge is 2.06. The molecule has 0 aliphatic carbocycles. The molecular formula is C10H20N2. The second-order valence-corrected chi connectivity index (χ2v) is 3.39. The highest BCUT2D eigenvalue weighted by Crippen LogP contribution is 2.02. The van der Waals surface area contributed by atoms with Crippen LogP contribution in [0, 0.1) is 11.3 Å². The number of hydrogen-bond acceptors (Lipinski definition) is 2. The normalized spacial score (nSPS) is 10.7. The topological polar surface area (TPSA) is 27.0 Å². The van der Waals surface area contributed by atoms with E-state index in [0.29, 0.717) is 12.5 Å². The van der Waals surface area contributed by atoms with Gasteiger partial charge in [0, 0.05) is 12.5 Å². The standard InChI is InChI=1S/C10H20N2/c1-4-8-12(10(2)3)9-6-5-7-11/h10H,4-6,8-9H2,1-3H3. The largest absolute Gasteiger partial charge is 0.301 e. The Balaban J connectivity index is 3.57. The summed E-state index contributed by atoms with van der Waals surface area (Å²) in [6.45, 7) is 8.84. The summed E-state index contributed by atoms with van der Waals surface area (Å²) in [7, 11) is 0. The van der Waals surface area contributed by atoms with E-state index in [1.54, 1.807) is 0 Å². The highest BCUT2D eigenvalue weighted by atomic mass is 15.1. The third-order valence-corrected chi connectivity index (χ3v) is 1.98. The number of nitrogens with zero attached hydrogens (tertiary/aromatic N) is 2. The lowest BCUT2D eigenvalue weighted by Crippen LogP contribution is -2.32. The minimum absolute atomic E-state index is 0.614. The second kappa shape index (κ2) is 7.12. The molecule has 0 saturated heterocycles. The predicted octanol–water partition coefficient (Wildman–Crippen LogP) is 2.41. The number of unbranched alkanes of at least 4 members (excludes halogenated alkanes) is 1. The molecule has 0 aliphatic heterocycles. The molecule has 0 aromatic rings. The molecule has 0 unspecified atom stereocenters. The molecule has 0 radical (unpaired) electrons. The van der Waals surface area contributed by atoms with Crippen molar-refractivity contribution in [1.29, 1.82) is 5.26 Å². The molecule has 0 fully saturated rings. The molecule has 0 N–H and O–H groups in total. The van der Waals surface area contributed by atoms with E-state index in [1.807, 2.05) is 0 Å². The van der Waals surface area contributed by atoms with Gasteiger partial charge in [-0.1, -0.05) is 6.92 Å². The smallest absolute Gasteiger partial charge is 0.0622 e. The maximum Gasteiger partial charge on any atom is 0.0622 e. The Labute approximate surface area is 76.2 Å². The van der Waals surface area contributed by atoms with Crippen molar-refractivity contribution in [2.24, 2.45) is 0 Å². The maximum absolute atomic E-state index is 8.38. The van der Waals surface area contributed by atoms with Gasteiger partial charge in [0.05, 0.1) is 6.07 Å². The van der Waals surface area contributed by atoms with Crippen molar-refractivity contribution in [3.05, 3.63) is 0 Å². The monoisotopic (exact) mass is 168 g/mol. The minimum Gasteiger partial charge on any atom is -0.301 e. The minimum atomic E-state index is 0.614. The summed E-state index contributed by atoms with van der Waals surface area (Å²) in [6.07, 6.45) is 2.90. The third kappa shape index (κ3) is 5.15. The van der Waals surface area contributed by atoms with Crippen molar-refractivity contribution in [3.63, 3.8) is 0 Å². The Hall–Kier alpha value is -0.550. The summed E-state index contributed by atoms with van der Waals surface area (Å²) in [6, 6.07) is 2.79. The van der Waals surface area contributed by atoms with Crippen LogP contribution < -0.4 is 0 Å². The van der Waals surface area contributed by atoms with Gasteiger partial charge >= 0.3 is 0 Å². The second-order valence-electron chi connectivity index (χ2n) is 3.39. The van der Waals surface area contributed by atoms with Crippen LogP contribution >= 0.6 is 0 Å². The Morgan fingerprint density at radius 1 is 1.33 bits per heavy atom. The van der Waals surface area contributed by atoms with Gasteiger partial charge in [0.2, 0.25) is 0 Å². The van der Waals surface area contributed by atoms with Gasteiger partial charge in [-0.15, -0.1) is 0 Å². The average molecular weight is 168 g/mol. The maximum atomic E-state index is 8.38. The summed E-state index contributed by atoms with van der Waals surface area (Å²) >= 11 is 0. The van der Waals surface area contributed by atoms with Crippen molar-refractivity contribution in [2.45, 2.75) is 46.1 Å². The van der Waals surface area contributed by atoms with Crippen LogP contribution in [-0.2, 0) is 0 Å². The van der Waals surface area contributed by atoms with Crippen molar-refractivity contribution in [1.82, 2.24) is 4.90 Å². The van der Waals surface area contributed by atoms with Crippen LogP contribution in [-0.4, -0.2) is 24.0 Å². The van der Waals surface area contributed by atoms with E-state index in [4.69, 9.17) is 5.26 Å². The fourth-order valence-electron chi connectivity index (χ4n) is 1.28. The molecule has 0 aromatic carbocycles. The molecule has 2 heteroatoms. The Bertz CT molecular complexity index is 135. The Kier molecular flexibility index (Phi) is 6.79. The SMILES string of the molecule is CCCN(CCCC#N)C(C)C. The fourth-order valence-corrected chi connectivity index (χ4v) is 1.28. The summed E-state index contributed by atoms with van der Waals surface area (Å²) in [4.78, 5) is 2.43. The van der Waals surface area contributed by atoms with E-state index in [0.717, 1.165) is 19.5 Å². The summed E-state index contributed by atoms with van der Waals surface area (Å²) < 4.78 is 0. The van der Waals surface area contributed by atoms with E-state index in [-0.39, 0.29) is 0 Å². The van der Waals surface area contributed by atoms with Crippen LogP contribution in [0.15, 0.2) is 0 Å². The first-order valence-electron chi connectivity index (χ1n) is 4.83. The van der Waals surface area contributed by atoms with E-state index in [2.05, 4.69) is 31.7 Å². The molecule has 0 atom stereocenters. The Morgan fingerprint density at radius 2 is 2.00 bits per heavy atom. The molecule has 0 aromatic heterocycles. The van der Waals surface area contributed by atoms with Gasteiger partial charge in [-0.25, -0.2) is 0 Å². The average Bonchev–Trinajstić information content (AvgIpc) is 2.03. The summed E-state index contributed by atoms with van der Waals surface area (Å²) in [5.74, 6) is 0. The van der Waals surface area contributed by atoms with Crippen molar-refractivity contribution < 1.29 is 0 Å². The predicted molar refractivity (Wildman–Crippen MR) is 51.8 cm³/mol. The highest BCUT2D eigenvalue weighted by molar-refractivity contribution is 4.71. The number of hydrogen-bond donors (Lipinski definition) is 0. The molecule has 0 heterocycles. The molecule has 12 heavy (non-hydrogen) atoms. The molecular weight excluding hydrogens is 148 g/mol. The van der Waals surface area contributed by atoms with Gasteiger partial charge in [-0.3, -0.25) is 0 Å². The molecule has 0 amide bonds. The number of rotatable bonds is 6. The quantitative estimate of drug-likeness (QED) is 0.569. The van der Waals surface area contributed by atoms with E-state index < -0.39 is 0 Å². The number of nitriles is 1. The van der Waals surface area contributed by atoms with Gasteiger partial charge in [0.1, 0.15) is 0 Å². The van der Waals surface area contributed by atoms with Crippen molar-refractivity contribution in [2.75, 3.05) is 13.1 Å². The third-order valence-electron chi connectivity index (χ3n) is 1.98. The summed E-state index contributed by atoms with van der Waals surface area (Å²) in [5.41, 5.74) is 0. The van der Waals surface area contributed by atoms with E-state index in [1.165, 1.54) is 6.42 Å². The first-order chi connectivity index (χ1) is 5.72. The molecule has 0 spiro atoms. The lowest BCUT2D eigenvalue weighted by Gasteiger charge is -2.25. The molecule has 0 rings (SSSR count). The van der Waals surface area contributed by atoms with Gasteiger partial charge in [0.25, 0.3) is 0 Å². The zero-order valence-corrected chi connectivity index (χ0v) is 8.51. The Morgan fingerprint density at radius 3 is 2.42 bits per heavy atom. The van der Waals surface area contributed by atoms with Crippen LogP contribution in [0.2, 0.25) is 0 Å². The van der Waals surface area contributed by atoms with Crippen LogP contribution in [0.4, 0.5) is 0 Å². The zero-order chi connectivity index (χ0) is 9.40. The first kappa shape index (κ1) is 11.4. The first-order valence-corrected chi connectivity index (χ1v) is 4.83. The molecule has 0 bridgehead atoms. The lowest BCUT2D eigenvalue weighted by atomic mass is 10.2. The van der Waals surface area contributed by atoms with Gasteiger partial charge in [0.15, 0.2) is 0 Å². The van der Waals surface area contributed by atoms with Crippen molar-refractivity contribution >= 4 is 0 Å². The van der Waals surface area contributed by atoms with E-state index in [9.17, 15) is 0 Å². The van der Waals surface area contributed by atoms with Crippen LogP contribution in [0.5, 0.6) is 0 Å². The van der Waals surface area contributed by atoms with Crippen LogP contribution in [0.25, 0.3) is 0 Å². The summed E-state index contributed by atoms with van der Waals surface area (Å²) in [5, 5.41) is 8.38. The van der Waals surface area contributed by atoms with E-state index >= 15 is 0 Å². The van der Waals surface area contributed by atoms with Crippen LogP contribution in [0.3, 0.4) is 0 Å². The molecule has 70 valence electrons. The molecule has 0 aliphatic rings. The zero-order valence-electron chi connectivity index (χ0n) is 8.51. The fraction of sp³-hybridized carbons (Fsp3) is 0.900. The molecule has 2 nitrogen and oxygen atoms in total. The lowest BCUT2D eigenvalue weighted by molar-refractivity contribution is 0.220. The van der Waals surface area contributed by atoms with Gasteiger partial charge < -0.3 is 4.90 Å². The van der Waals surface area contributed by atoms with Crippen LogP contribution in [0.1, 0.15) is 40.0 Å². The van der Waals surface area contributed by atoms with Crippen molar-refractivity contribution in [3.8, 4) is 6.07 Å². The van der Waals surface area contributed by atoms with Gasteiger partial charge in [-0.05, 0) is 39.8 Å². The molecule has 0 saturated carbocycles.